The van der Waals surface area contributed by atoms with Crippen LogP contribution in [-0.4, -0.2) is 35.4 Å². The lowest BCUT2D eigenvalue weighted by Gasteiger charge is -2.31. The highest BCUT2D eigenvalue weighted by Crippen LogP contribution is 2.43. The first kappa shape index (κ1) is 21.8. The van der Waals surface area contributed by atoms with Gasteiger partial charge in [-0.15, -0.1) is 23.5 Å². The number of benzene rings is 2. The largest absolute Gasteiger partial charge is 0.322 e. The van der Waals surface area contributed by atoms with Gasteiger partial charge in [-0.2, -0.15) is 0 Å². The molecule has 1 amide bonds. The fourth-order valence-corrected chi connectivity index (χ4v) is 7.26. The Labute approximate surface area is 189 Å². The van der Waals surface area contributed by atoms with Crippen LogP contribution in [0, 0.1) is 0 Å². The van der Waals surface area contributed by atoms with E-state index >= 15 is 0 Å². The first-order valence-corrected chi connectivity index (χ1v) is 13.2. The highest BCUT2D eigenvalue weighted by atomic mass is 32.2. The second-order valence-electron chi connectivity index (χ2n) is 8.37. The smallest absolute Gasteiger partial charge is 0.255 e. The van der Waals surface area contributed by atoms with Crippen LogP contribution in [0.4, 0.5) is 5.69 Å². The van der Waals surface area contributed by atoms with Crippen LogP contribution in [0.2, 0.25) is 0 Å². The summed E-state index contributed by atoms with van der Waals surface area (Å²) >= 11 is 4.02. The fourth-order valence-electron chi connectivity index (χ4n) is 4.37. The zero-order valence-corrected chi connectivity index (χ0v) is 19.4. The van der Waals surface area contributed by atoms with Crippen molar-refractivity contribution in [1.29, 1.82) is 0 Å². The van der Waals surface area contributed by atoms with E-state index in [-0.39, 0.29) is 5.91 Å². The van der Waals surface area contributed by atoms with E-state index in [9.17, 15) is 4.79 Å². The number of anilines is 1. The Hall–Kier alpha value is -1.43. The summed E-state index contributed by atoms with van der Waals surface area (Å²) in [5.41, 5.74) is 4.15. The molecule has 1 N–H and O–H groups in total. The molecule has 3 nitrogen and oxygen atoms in total. The fraction of sp³-hybridized carbons (Fsp3) is 0.480. The van der Waals surface area contributed by atoms with Gasteiger partial charge >= 0.3 is 0 Å². The summed E-state index contributed by atoms with van der Waals surface area (Å²) in [4.78, 5) is 15.4. The molecule has 30 heavy (non-hydrogen) atoms. The van der Waals surface area contributed by atoms with Crippen molar-refractivity contribution in [1.82, 2.24) is 4.90 Å². The Morgan fingerprint density at radius 2 is 1.67 bits per heavy atom. The van der Waals surface area contributed by atoms with Crippen LogP contribution in [0.5, 0.6) is 0 Å². The maximum atomic E-state index is 12.9. The van der Waals surface area contributed by atoms with Crippen LogP contribution in [-0.2, 0) is 6.54 Å². The second kappa shape index (κ2) is 10.7. The minimum absolute atomic E-state index is 0.0294. The van der Waals surface area contributed by atoms with Gasteiger partial charge in [-0.25, -0.2) is 0 Å². The third kappa shape index (κ3) is 5.63. The first-order chi connectivity index (χ1) is 14.7. The van der Waals surface area contributed by atoms with E-state index in [1.807, 2.05) is 47.8 Å². The molecule has 2 fully saturated rings. The van der Waals surface area contributed by atoms with E-state index in [1.165, 1.54) is 61.2 Å². The van der Waals surface area contributed by atoms with Gasteiger partial charge in [-0.05, 0) is 67.1 Å². The van der Waals surface area contributed by atoms with Gasteiger partial charge in [-0.1, -0.05) is 49.6 Å². The highest BCUT2D eigenvalue weighted by molar-refractivity contribution is 8.16. The van der Waals surface area contributed by atoms with Crippen molar-refractivity contribution >= 4 is 35.1 Å². The Morgan fingerprint density at radius 3 is 2.40 bits per heavy atom. The molecule has 160 valence electrons. The van der Waals surface area contributed by atoms with E-state index in [0.29, 0.717) is 10.6 Å². The number of hydrogen-bond acceptors (Lipinski definition) is 4. The maximum Gasteiger partial charge on any atom is 0.255 e. The predicted molar refractivity (Wildman–Crippen MR) is 131 cm³/mol. The normalized spacial score (nSPS) is 18.5. The number of hydrogen-bond donors (Lipinski definition) is 1. The molecule has 2 aromatic rings. The molecule has 2 aromatic carbocycles. The van der Waals surface area contributed by atoms with E-state index in [1.54, 1.807) is 0 Å². The van der Waals surface area contributed by atoms with Gasteiger partial charge in [0.2, 0.25) is 0 Å². The molecule has 0 bridgehead atoms. The van der Waals surface area contributed by atoms with Gasteiger partial charge in [0.05, 0.1) is 4.58 Å². The van der Waals surface area contributed by atoms with Crippen molar-refractivity contribution in [2.45, 2.75) is 55.7 Å². The predicted octanol–water partition coefficient (Wildman–Crippen LogP) is 6.57. The van der Waals surface area contributed by atoms with Gasteiger partial charge in [0, 0.05) is 23.8 Å². The molecule has 0 radical (unpaired) electrons. The van der Waals surface area contributed by atoms with E-state index in [4.69, 9.17) is 0 Å². The molecular formula is C25H32N2OS2. The van der Waals surface area contributed by atoms with Crippen molar-refractivity contribution in [3.63, 3.8) is 0 Å². The summed E-state index contributed by atoms with van der Waals surface area (Å²) in [6, 6.07) is 17.1. The molecular weight excluding hydrogens is 408 g/mol. The number of para-hydroxylation sites is 1. The van der Waals surface area contributed by atoms with Crippen molar-refractivity contribution < 1.29 is 4.79 Å². The molecule has 0 unspecified atom stereocenters. The molecule has 1 heterocycles. The quantitative estimate of drug-likeness (QED) is 0.550. The lowest BCUT2D eigenvalue weighted by atomic mass is 9.94. The number of thioether (sulfide) groups is 2. The monoisotopic (exact) mass is 440 g/mol. The Bertz CT molecular complexity index is 827. The van der Waals surface area contributed by atoms with Gasteiger partial charge in [-0.3, -0.25) is 9.69 Å². The van der Waals surface area contributed by atoms with Gasteiger partial charge in [0.1, 0.15) is 0 Å². The summed E-state index contributed by atoms with van der Waals surface area (Å²) in [5, 5.41) is 3.16. The molecule has 1 aliphatic heterocycles. The number of nitrogens with one attached hydrogen (secondary N) is 1. The van der Waals surface area contributed by atoms with Crippen LogP contribution >= 0.6 is 23.5 Å². The molecule has 4 rings (SSSR count). The molecule has 2 aliphatic rings. The topological polar surface area (TPSA) is 32.3 Å². The van der Waals surface area contributed by atoms with E-state index < -0.39 is 0 Å². The van der Waals surface area contributed by atoms with E-state index in [0.717, 1.165) is 17.8 Å². The molecule has 0 aromatic heterocycles. The number of carbonyl (C=O) groups is 1. The molecule has 1 saturated carbocycles. The standard InChI is InChI=1S/C25H32N2OS2/c1-27(22-9-3-2-4-10-22)18-21-8-5-6-11-23(21)26-24(28)19-12-14-20(15-13-19)25-29-16-7-17-30-25/h5-6,8,11-15,22,25H,2-4,7,9-10,16-18H2,1H3,(H,26,28). The SMILES string of the molecule is CN(Cc1ccccc1NC(=O)c1ccc(C2SCCCS2)cc1)C1CCCCC1. The number of rotatable bonds is 6. The lowest BCUT2D eigenvalue weighted by Crippen LogP contribution is -2.33. The molecule has 1 aliphatic carbocycles. The zero-order chi connectivity index (χ0) is 20.8. The average Bonchev–Trinajstić information content (AvgIpc) is 2.81. The molecule has 1 saturated heterocycles. The Balaban J connectivity index is 1.40. The van der Waals surface area contributed by atoms with Crippen LogP contribution in [0.1, 0.15) is 64.6 Å². The summed E-state index contributed by atoms with van der Waals surface area (Å²) < 4.78 is 0.506. The molecule has 0 atom stereocenters. The minimum atomic E-state index is -0.0294. The zero-order valence-electron chi connectivity index (χ0n) is 17.8. The highest BCUT2D eigenvalue weighted by Gasteiger charge is 2.20. The Kier molecular flexibility index (Phi) is 7.80. The summed E-state index contributed by atoms with van der Waals surface area (Å²) in [6.45, 7) is 0.871. The Morgan fingerprint density at radius 1 is 0.967 bits per heavy atom. The van der Waals surface area contributed by atoms with Crippen LogP contribution in [0.3, 0.4) is 0 Å². The lowest BCUT2D eigenvalue weighted by molar-refractivity contribution is 0.102. The van der Waals surface area contributed by atoms with E-state index in [2.05, 4.69) is 41.5 Å². The maximum absolute atomic E-state index is 12.9. The number of amides is 1. The van der Waals surface area contributed by atoms with Gasteiger partial charge < -0.3 is 5.32 Å². The van der Waals surface area contributed by atoms with Gasteiger partial charge in [0.25, 0.3) is 5.91 Å². The summed E-state index contributed by atoms with van der Waals surface area (Å²) in [6.07, 6.45) is 7.90. The number of nitrogens with zero attached hydrogens (tertiary/aromatic N) is 1. The van der Waals surface area contributed by atoms with Gasteiger partial charge in [0.15, 0.2) is 0 Å². The average molecular weight is 441 g/mol. The van der Waals surface area contributed by atoms with Crippen LogP contribution < -0.4 is 5.32 Å². The van der Waals surface area contributed by atoms with Crippen molar-refractivity contribution in [2.75, 3.05) is 23.9 Å². The first-order valence-electron chi connectivity index (χ1n) is 11.1. The van der Waals surface area contributed by atoms with Crippen molar-refractivity contribution in [2.24, 2.45) is 0 Å². The van der Waals surface area contributed by atoms with Crippen LogP contribution in [0.25, 0.3) is 0 Å². The van der Waals surface area contributed by atoms with Crippen molar-refractivity contribution in [3.8, 4) is 0 Å². The summed E-state index contributed by atoms with van der Waals surface area (Å²) in [7, 11) is 2.22. The number of carbonyl (C=O) groups excluding carboxylic acids is 1. The summed E-state index contributed by atoms with van der Waals surface area (Å²) in [5.74, 6) is 2.43. The van der Waals surface area contributed by atoms with Crippen molar-refractivity contribution in [3.05, 3.63) is 65.2 Å². The molecule has 0 spiro atoms. The van der Waals surface area contributed by atoms with Crippen LogP contribution in [0.15, 0.2) is 48.5 Å². The minimum Gasteiger partial charge on any atom is -0.322 e. The third-order valence-electron chi connectivity index (χ3n) is 6.16. The third-order valence-corrected chi connectivity index (χ3v) is 9.17. The second-order valence-corrected chi connectivity index (χ2v) is 11.1. The molecule has 5 heteroatoms.